The standard InChI is InChI=1S/C16H16O4S/c1-21(18,19)14-6-2-11(3-7-14)15-8-4-12-10-13(17)5-9-16(12)20-15/h2-3,5-7,9-10,15,17H,4,8H2,1H3. The molecule has 0 fully saturated rings. The fourth-order valence-corrected chi connectivity index (χ4v) is 3.17. The number of aryl methyl sites for hydroxylation is 1. The fraction of sp³-hybridized carbons (Fsp3) is 0.250. The molecule has 4 nitrogen and oxygen atoms in total. The van der Waals surface area contributed by atoms with Gasteiger partial charge in [-0.1, -0.05) is 12.1 Å². The lowest BCUT2D eigenvalue weighted by molar-refractivity contribution is 0.176. The molecule has 1 unspecified atom stereocenters. The second kappa shape index (κ2) is 5.07. The Hall–Kier alpha value is -2.01. The van der Waals surface area contributed by atoms with Gasteiger partial charge in [0.1, 0.15) is 17.6 Å². The molecule has 1 aliphatic heterocycles. The van der Waals surface area contributed by atoms with Crippen LogP contribution in [0.15, 0.2) is 47.4 Å². The molecule has 1 heterocycles. The number of rotatable bonds is 2. The first-order valence-corrected chi connectivity index (χ1v) is 8.61. The second-order valence-electron chi connectivity index (χ2n) is 5.28. The molecule has 110 valence electrons. The molecular weight excluding hydrogens is 288 g/mol. The first kappa shape index (κ1) is 13.9. The van der Waals surface area contributed by atoms with E-state index in [0.717, 1.165) is 29.7 Å². The normalized spacial score (nSPS) is 17.9. The summed E-state index contributed by atoms with van der Waals surface area (Å²) in [5, 5.41) is 9.47. The summed E-state index contributed by atoms with van der Waals surface area (Å²) in [6, 6.07) is 11.9. The topological polar surface area (TPSA) is 63.6 Å². The van der Waals surface area contributed by atoms with Crippen molar-refractivity contribution in [2.75, 3.05) is 6.26 Å². The Morgan fingerprint density at radius 1 is 1.14 bits per heavy atom. The number of phenolic OH excluding ortho intramolecular Hbond substituents is 1. The van der Waals surface area contributed by atoms with E-state index in [9.17, 15) is 13.5 Å². The zero-order valence-electron chi connectivity index (χ0n) is 11.6. The number of ether oxygens (including phenoxy) is 1. The van der Waals surface area contributed by atoms with Crippen LogP contribution in [-0.4, -0.2) is 19.8 Å². The molecule has 2 aromatic carbocycles. The third kappa shape index (κ3) is 2.88. The third-order valence-corrected chi connectivity index (χ3v) is 4.80. The molecule has 0 aliphatic carbocycles. The van der Waals surface area contributed by atoms with E-state index < -0.39 is 9.84 Å². The molecule has 1 aliphatic rings. The molecule has 2 aromatic rings. The average Bonchev–Trinajstić information content (AvgIpc) is 2.46. The molecule has 1 atom stereocenters. The molecule has 3 rings (SSSR count). The zero-order chi connectivity index (χ0) is 15.0. The van der Waals surface area contributed by atoms with Crippen LogP contribution in [0.25, 0.3) is 0 Å². The molecule has 21 heavy (non-hydrogen) atoms. The highest BCUT2D eigenvalue weighted by molar-refractivity contribution is 7.90. The number of benzene rings is 2. The second-order valence-corrected chi connectivity index (χ2v) is 7.29. The van der Waals surface area contributed by atoms with Crippen LogP contribution in [0.1, 0.15) is 23.7 Å². The van der Waals surface area contributed by atoms with E-state index in [4.69, 9.17) is 4.74 Å². The number of hydrogen-bond acceptors (Lipinski definition) is 4. The summed E-state index contributed by atoms with van der Waals surface area (Å²) in [5.41, 5.74) is 1.96. The molecule has 0 amide bonds. The van der Waals surface area contributed by atoms with Crippen LogP contribution < -0.4 is 4.74 Å². The highest BCUT2D eigenvalue weighted by Crippen LogP contribution is 2.36. The van der Waals surface area contributed by atoms with Crippen molar-refractivity contribution in [2.45, 2.75) is 23.8 Å². The van der Waals surface area contributed by atoms with Gasteiger partial charge in [0, 0.05) is 6.26 Å². The van der Waals surface area contributed by atoms with Crippen molar-refractivity contribution < 1.29 is 18.3 Å². The van der Waals surface area contributed by atoms with Gasteiger partial charge in [-0.2, -0.15) is 0 Å². The Morgan fingerprint density at radius 3 is 2.52 bits per heavy atom. The molecule has 0 radical (unpaired) electrons. The lowest BCUT2D eigenvalue weighted by atomic mass is 9.97. The number of aromatic hydroxyl groups is 1. The number of sulfone groups is 1. The smallest absolute Gasteiger partial charge is 0.175 e. The first-order chi connectivity index (χ1) is 9.93. The summed E-state index contributed by atoms with van der Waals surface area (Å²) in [5.74, 6) is 1.02. The van der Waals surface area contributed by atoms with Gasteiger partial charge in [-0.05, 0) is 54.3 Å². The van der Waals surface area contributed by atoms with E-state index in [1.165, 1.54) is 6.26 Å². The lowest BCUT2D eigenvalue weighted by Gasteiger charge is -2.26. The largest absolute Gasteiger partial charge is 0.508 e. The quantitative estimate of drug-likeness (QED) is 0.926. The van der Waals surface area contributed by atoms with E-state index in [1.54, 1.807) is 42.5 Å². The Balaban J connectivity index is 1.84. The minimum absolute atomic E-state index is 0.0874. The zero-order valence-corrected chi connectivity index (χ0v) is 12.4. The van der Waals surface area contributed by atoms with Gasteiger partial charge >= 0.3 is 0 Å². The molecule has 0 spiro atoms. The van der Waals surface area contributed by atoms with Crippen molar-refractivity contribution in [3.8, 4) is 11.5 Å². The average molecular weight is 304 g/mol. The Morgan fingerprint density at radius 2 is 1.86 bits per heavy atom. The maximum atomic E-state index is 11.5. The fourth-order valence-electron chi connectivity index (χ4n) is 2.54. The molecule has 0 bridgehead atoms. The van der Waals surface area contributed by atoms with Crippen LogP contribution in [0.4, 0.5) is 0 Å². The van der Waals surface area contributed by atoms with Crippen LogP contribution >= 0.6 is 0 Å². The van der Waals surface area contributed by atoms with Gasteiger partial charge in [0.15, 0.2) is 9.84 Å². The maximum absolute atomic E-state index is 11.5. The predicted molar refractivity (Wildman–Crippen MR) is 79.3 cm³/mol. The van der Waals surface area contributed by atoms with Gasteiger partial charge in [-0.15, -0.1) is 0 Å². The van der Waals surface area contributed by atoms with E-state index in [0.29, 0.717) is 4.90 Å². The molecule has 0 saturated carbocycles. The van der Waals surface area contributed by atoms with Gasteiger partial charge in [0.05, 0.1) is 4.90 Å². The summed E-state index contributed by atoms with van der Waals surface area (Å²) < 4.78 is 28.9. The van der Waals surface area contributed by atoms with Crippen LogP contribution in [-0.2, 0) is 16.3 Å². The summed E-state index contributed by atoms with van der Waals surface area (Å²) in [4.78, 5) is 0.312. The summed E-state index contributed by atoms with van der Waals surface area (Å²) >= 11 is 0. The summed E-state index contributed by atoms with van der Waals surface area (Å²) in [6.07, 6.45) is 2.73. The maximum Gasteiger partial charge on any atom is 0.175 e. The van der Waals surface area contributed by atoms with Crippen molar-refractivity contribution >= 4 is 9.84 Å². The Labute approximate surface area is 123 Å². The predicted octanol–water partition coefficient (Wildman–Crippen LogP) is 2.86. The van der Waals surface area contributed by atoms with Gasteiger partial charge in [-0.25, -0.2) is 8.42 Å². The van der Waals surface area contributed by atoms with Crippen molar-refractivity contribution in [1.82, 2.24) is 0 Å². The molecule has 5 heteroatoms. The van der Waals surface area contributed by atoms with Crippen molar-refractivity contribution in [3.05, 3.63) is 53.6 Å². The van der Waals surface area contributed by atoms with E-state index in [-0.39, 0.29) is 11.9 Å². The van der Waals surface area contributed by atoms with Crippen LogP contribution in [0.3, 0.4) is 0 Å². The number of phenols is 1. The van der Waals surface area contributed by atoms with E-state index in [2.05, 4.69) is 0 Å². The van der Waals surface area contributed by atoms with Crippen LogP contribution in [0.5, 0.6) is 11.5 Å². The molecular formula is C16H16O4S. The van der Waals surface area contributed by atoms with Gasteiger partial charge in [0.2, 0.25) is 0 Å². The highest BCUT2D eigenvalue weighted by atomic mass is 32.2. The lowest BCUT2D eigenvalue weighted by Crippen LogP contribution is -2.15. The highest BCUT2D eigenvalue weighted by Gasteiger charge is 2.22. The van der Waals surface area contributed by atoms with Gasteiger partial charge in [0.25, 0.3) is 0 Å². The summed E-state index contributed by atoms with van der Waals surface area (Å²) in [6.45, 7) is 0. The summed E-state index contributed by atoms with van der Waals surface area (Å²) in [7, 11) is -3.17. The third-order valence-electron chi connectivity index (χ3n) is 3.67. The van der Waals surface area contributed by atoms with E-state index >= 15 is 0 Å². The van der Waals surface area contributed by atoms with Crippen molar-refractivity contribution in [3.63, 3.8) is 0 Å². The first-order valence-electron chi connectivity index (χ1n) is 6.72. The number of hydrogen-bond donors (Lipinski definition) is 1. The van der Waals surface area contributed by atoms with Crippen molar-refractivity contribution in [1.29, 1.82) is 0 Å². The van der Waals surface area contributed by atoms with Crippen LogP contribution in [0, 0.1) is 0 Å². The molecule has 1 N–H and O–H groups in total. The van der Waals surface area contributed by atoms with E-state index in [1.807, 2.05) is 0 Å². The monoisotopic (exact) mass is 304 g/mol. The Bertz CT molecular complexity index is 763. The molecule has 0 aromatic heterocycles. The van der Waals surface area contributed by atoms with Crippen LogP contribution in [0.2, 0.25) is 0 Å². The SMILES string of the molecule is CS(=O)(=O)c1ccc(C2CCc3cc(O)ccc3O2)cc1. The van der Waals surface area contributed by atoms with Crippen molar-refractivity contribution in [2.24, 2.45) is 0 Å². The molecule has 0 saturated heterocycles. The number of fused-ring (bicyclic) bond motifs is 1. The minimum atomic E-state index is -3.17. The Kier molecular flexibility index (Phi) is 3.37. The van der Waals surface area contributed by atoms with Gasteiger partial charge < -0.3 is 9.84 Å². The van der Waals surface area contributed by atoms with Gasteiger partial charge in [-0.3, -0.25) is 0 Å². The minimum Gasteiger partial charge on any atom is -0.508 e.